The Morgan fingerprint density at radius 2 is 1.07 bits per heavy atom. The van der Waals surface area contributed by atoms with Crippen LogP contribution in [-0.2, 0) is 35.9 Å². The molecule has 2 aliphatic rings. The number of aromatic nitrogens is 2. The molecule has 4 N–H and O–H groups in total. The normalized spacial score (nSPS) is 17.9. The first kappa shape index (κ1) is 38.5. The van der Waals surface area contributed by atoms with Crippen LogP contribution < -0.4 is 30.4 Å². The van der Waals surface area contributed by atoms with Crippen LogP contribution in [0.15, 0.2) is 60.7 Å². The van der Waals surface area contributed by atoms with E-state index in [0.717, 1.165) is 83.3 Å². The van der Waals surface area contributed by atoms with E-state index in [1.165, 1.54) is 0 Å². The second kappa shape index (κ2) is 17.7. The molecule has 0 saturated carbocycles. The number of methoxy groups -OCH3 is 2. The highest BCUT2D eigenvalue weighted by Crippen LogP contribution is 2.32. The number of nitrogens with two attached hydrogens (primary N) is 2. The molecule has 2 aliphatic heterocycles. The van der Waals surface area contributed by atoms with Crippen molar-refractivity contribution in [1.29, 1.82) is 0 Å². The highest BCUT2D eigenvalue weighted by Gasteiger charge is 2.26. The highest BCUT2D eigenvalue weighted by molar-refractivity contribution is 5.77. The number of amides is 2. The minimum atomic E-state index is -0.242. The third kappa shape index (κ3) is 9.29. The first-order valence-corrected chi connectivity index (χ1v) is 18.7. The van der Waals surface area contributed by atoms with E-state index in [1.807, 2.05) is 24.3 Å². The lowest BCUT2D eigenvalue weighted by Crippen LogP contribution is -2.40. The van der Waals surface area contributed by atoms with Crippen molar-refractivity contribution in [2.45, 2.75) is 65.8 Å². The Labute approximate surface area is 317 Å². The predicted molar refractivity (Wildman–Crippen MR) is 206 cm³/mol. The summed E-state index contributed by atoms with van der Waals surface area (Å²) in [6, 6.07) is 20.2. The van der Waals surface area contributed by atoms with Crippen molar-refractivity contribution in [3.8, 4) is 34.6 Å². The van der Waals surface area contributed by atoms with E-state index in [0.29, 0.717) is 62.9 Å². The molecule has 0 radical (unpaired) electrons. The summed E-state index contributed by atoms with van der Waals surface area (Å²) in [7, 11) is 3.22. The zero-order valence-corrected chi connectivity index (χ0v) is 31.8. The van der Waals surface area contributed by atoms with Crippen LogP contribution in [0.25, 0.3) is 11.1 Å². The van der Waals surface area contributed by atoms with E-state index in [1.54, 1.807) is 14.2 Å². The molecular formula is C42H52N6O6. The monoisotopic (exact) mass is 736 g/mol. The summed E-state index contributed by atoms with van der Waals surface area (Å²) in [5.41, 5.74) is 19.6. The SMILES string of the molecule is COc1nc(OCc2cccc(-c3cccc(COc4ccc(CN5CCCC(C(N)=O)C5)c(OC)n4)c3C)c2C)ccc1CN1CCCC(C(N)=O)C1. The van der Waals surface area contributed by atoms with Gasteiger partial charge in [-0.2, -0.15) is 9.97 Å². The number of carbonyl (C=O) groups is 2. The van der Waals surface area contributed by atoms with Gasteiger partial charge in [0.15, 0.2) is 0 Å². The molecule has 2 atom stereocenters. The number of hydrogen-bond acceptors (Lipinski definition) is 10. The molecule has 2 aromatic carbocycles. The number of carbonyl (C=O) groups excluding carboxylic acids is 2. The average molecular weight is 737 g/mol. The Bertz CT molecular complexity index is 1810. The minimum absolute atomic E-state index is 0.124. The number of primary amides is 2. The van der Waals surface area contributed by atoms with Crippen LogP contribution in [0, 0.1) is 25.7 Å². The number of piperidine rings is 2. The van der Waals surface area contributed by atoms with Crippen LogP contribution in [0.5, 0.6) is 23.5 Å². The first-order chi connectivity index (χ1) is 26.1. The van der Waals surface area contributed by atoms with Gasteiger partial charge in [0.2, 0.25) is 35.3 Å². The maximum absolute atomic E-state index is 11.8. The average Bonchev–Trinajstić information content (AvgIpc) is 3.18. The molecule has 12 heteroatoms. The molecule has 4 heterocycles. The van der Waals surface area contributed by atoms with Gasteiger partial charge in [-0.1, -0.05) is 36.4 Å². The van der Waals surface area contributed by atoms with Gasteiger partial charge in [0.1, 0.15) is 13.2 Å². The molecule has 2 fully saturated rings. The third-order valence-corrected chi connectivity index (χ3v) is 10.8. The quantitative estimate of drug-likeness (QED) is 0.164. The molecule has 2 saturated heterocycles. The van der Waals surface area contributed by atoms with Crippen LogP contribution in [0.2, 0.25) is 0 Å². The summed E-state index contributed by atoms with van der Waals surface area (Å²) in [6.45, 7) is 9.25. The first-order valence-electron chi connectivity index (χ1n) is 18.7. The number of pyridine rings is 2. The lowest BCUT2D eigenvalue weighted by molar-refractivity contribution is -0.124. The van der Waals surface area contributed by atoms with E-state index in [4.69, 9.17) is 30.4 Å². The zero-order chi connectivity index (χ0) is 38.2. The largest absolute Gasteiger partial charge is 0.481 e. The molecule has 54 heavy (non-hydrogen) atoms. The number of nitrogens with zero attached hydrogens (tertiary/aromatic N) is 4. The fraction of sp³-hybridized carbons (Fsp3) is 0.429. The Balaban J connectivity index is 1.09. The highest BCUT2D eigenvalue weighted by atomic mass is 16.5. The second-order valence-electron chi connectivity index (χ2n) is 14.3. The van der Waals surface area contributed by atoms with Gasteiger partial charge in [-0.3, -0.25) is 19.4 Å². The Morgan fingerprint density at radius 3 is 1.46 bits per heavy atom. The number of rotatable bonds is 15. The molecule has 12 nitrogen and oxygen atoms in total. The van der Waals surface area contributed by atoms with Crippen LogP contribution in [0.3, 0.4) is 0 Å². The Morgan fingerprint density at radius 1 is 0.648 bits per heavy atom. The van der Waals surface area contributed by atoms with Gasteiger partial charge in [-0.25, -0.2) is 0 Å². The van der Waals surface area contributed by atoms with Crippen molar-refractivity contribution in [2.75, 3.05) is 40.4 Å². The molecule has 2 amide bonds. The van der Waals surface area contributed by atoms with E-state index >= 15 is 0 Å². The van der Waals surface area contributed by atoms with Crippen molar-refractivity contribution in [3.05, 3.63) is 94.0 Å². The van der Waals surface area contributed by atoms with Crippen molar-refractivity contribution in [1.82, 2.24) is 19.8 Å². The van der Waals surface area contributed by atoms with Crippen molar-refractivity contribution >= 4 is 11.8 Å². The van der Waals surface area contributed by atoms with Gasteiger partial charge in [0.05, 0.1) is 26.1 Å². The zero-order valence-electron chi connectivity index (χ0n) is 31.8. The second-order valence-corrected chi connectivity index (χ2v) is 14.3. The van der Waals surface area contributed by atoms with Crippen LogP contribution in [0.4, 0.5) is 0 Å². The fourth-order valence-corrected chi connectivity index (χ4v) is 7.57. The maximum Gasteiger partial charge on any atom is 0.221 e. The smallest absolute Gasteiger partial charge is 0.221 e. The molecular weight excluding hydrogens is 684 g/mol. The number of benzene rings is 2. The summed E-state index contributed by atoms with van der Waals surface area (Å²) < 4.78 is 23.7. The molecule has 286 valence electrons. The summed E-state index contributed by atoms with van der Waals surface area (Å²) in [4.78, 5) is 37.3. The number of likely N-dealkylation sites (tertiary alicyclic amines) is 2. The van der Waals surface area contributed by atoms with Crippen molar-refractivity contribution in [3.63, 3.8) is 0 Å². The van der Waals surface area contributed by atoms with Crippen molar-refractivity contribution < 1.29 is 28.5 Å². The van der Waals surface area contributed by atoms with Gasteiger partial charge in [0.25, 0.3) is 0 Å². The maximum atomic E-state index is 11.8. The summed E-state index contributed by atoms with van der Waals surface area (Å²) in [5, 5.41) is 0. The minimum Gasteiger partial charge on any atom is -0.481 e. The van der Waals surface area contributed by atoms with E-state index in [9.17, 15) is 9.59 Å². The van der Waals surface area contributed by atoms with Crippen molar-refractivity contribution in [2.24, 2.45) is 23.3 Å². The van der Waals surface area contributed by atoms with E-state index in [-0.39, 0.29) is 23.7 Å². The molecule has 0 spiro atoms. The van der Waals surface area contributed by atoms with Gasteiger partial charge in [0, 0.05) is 49.4 Å². The molecule has 4 aromatic rings. The van der Waals surface area contributed by atoms with E-state index < -0.39 is 0 Å². The summed E-state index contributed by atoms with van der Waals surface area (Å²) in [5.74, 6) is 1.24. The van der Waals surface area contributed by atoms with Gasteiger partial charge in [-0.05, 0) is 98.1 Å². The molecule has 2 unspecified atom stereocenters. The predicted octanol–water partition coefficient (Wildman–Crippen LogP) is 5.33. The molecule has 6 rings (SSSR count). The Kier molecular flexibility index (Phi) is 12.7. The molecule has 2 aromatic heterocycles. The molecule has 0 bridgehead atoms. The molecule has 0 aliphatic carbocycles. The fourth-order valence-electron chi connectivity index (χ4n) is 7.57. The lowest BCUT2D eigenvalue weighted by atomic mass is 9.92. The topological polar surface area (TPSA) is 155 Å². The van der Waals surface area contributed by atoms with Crippen LogP contribution in [-0.4, -0.2) is 72.0 Å². The van der Waals surface area contributed by atoms with Crippen LogP contribution >= 0.6 is 0 Å². The Hall–Kier alpha value is -5.20. The van der Waals surface area contributed by atoms with Gasteiger partial charge < -0.3 is 30.4 Å². The number of hydrogen-bond donors (Lipinski definition) is 2. The van der Waals surface area contributed by atoms with Gasteiger partial charge in [-0.15, -0.1) is 0 Å². The number of ether oxygens (including phenoxy) is 4. The summed E-state index contributed by atoms with van der Waals surface area (Å²) in [6.07, 6.45) is 3.54. The summed E-state index contributed by atoms with van der Waals surface area (Å²) >= 11 is 0. The van der Waals surface area contributed by atoms with E-state index in [2.05, 4.69) is 70.0 Å². The third-order valence-electron chi connectivity index (χ3n) is 10.8. The lowest BCUT2D eigenvalue weighted by Gasteiger charge is -2.31. The van der Waals surface area contributed by atoms with Crippen LogP contribution in [0.1, 0.15) is 59.1 Å². The van der Waals surface area contributed by atoms with Gasteiger partial charge >= 0.3 is 0 Å². The standard InChI is InChI=1S/C42H52N6O6/c1-27-33(25-53-37-17-15-31(41(45-37)51-3)23-47-19-7-11-29(21-47)39(43)49)9-5-13-35(27)36-14-6-10-34(28(36)2)26-54-38-18-16-32(42(46-38)52-4)24-48-20-8-12-30(22-48)40(44)50/h5-6,9-10,13-18,29-30H,7-8,11-12,19-26H2,1-4H3,(H2,43,49)(H2,44,50).